The Kier molecular flexibility index (Phi) is 7.10. The van der Waals surface area contributed by atoms with Gasteiger partial charge in [0.25, 0.3) is 11.8 Å². The summed E-state index contributed by atoms with van der Waals surface area (Å²) >= 11 is 0. The first-order valence-electron chi connectivity index (χ1n) is 9.82. The maximum atomic E-state index is 13.0. The van der Waals surface area contributed by atoms with Crippen molar-refractivity contribution in [1.82, 2.24) is 5.32 Å². The molecule has 0 bridgehead atoms. The molecule has 1 N–H and O–H groups in total. The predicted octanol–water partition coefficient (Wildman–Crippen LogP) is 2.55. The highest BCUT2D eigenvalue weighted by Crippen LogP contribution is 2.30. The predicted molar refractivity (Wildman–Crippen MR) is 119 cm³/mol. The van der Waals surface area contributed by atoms with Crippen LogP contribution in [0.5, 0.6) is 11.5 Å². The van der Waals surface area contributed by atoms with Gasteiger partial charge in [0.1, 0.15) is 12.2 Å². The van der Waals surface area contributed by atoms with Crippen molar-refractivity contribution in [3.63, 3.8) is 0 Å². The lowest BCUT2D eigenvalue weighted by atomic mass is 10.1. The summed E-state index contributed by atoms with van der Waals surface area (Å²) in [5.41, 5.74) is 0.643. The van der Waals surface area contributed by atoms with Crippen molar-refractivity contribution in [2.24, 2.45) is 0 Å². The van der Waals surface area contributed by atoms with Crippen LogP contribution in [-0.2, 0) is 14.3 Å². The maximum absolute atomic E-state index is 13.0. The quantitative estimate of drug-likeness (QED) is 0.300. The number of nitrogens with one attached hydrogen (secondary N) is 1. The Balaban J connectivity index is 1.91. The zero-order valence-electron chi connectivity index (χ0n) is 17.9. The first-order chi connectivity index (χ1) is 15.9. The normalized spacial score (nSPS) is 14.5. The molecule has 0 radical (unpaired) electrons. The van der Waals surface area contributed by atoms with Crippen molar-refractivity contribution in [1.29, 1.82) is 0 Å². The van der Waals surface area contributed by atoms with E-state index in [9.17, 15) is 19.2 Å². The Morgan fingerprint density at radius 1 is 1.12 bits per heavy atom. The second-order valence-electron chi connectivity index (χ2n) is 6.63. The van der Waals surface area contributed by atoms with E-state index in [-0.39, 0.29) is 30.0 Å². The van der Waals surface area contributed by atoms with Gasteiger partial charge in [-0.05, 0) is 55.0 Å². The number of ether oxygens (including phenoxy) is 3. The summed E-state index contributed by atoms with van der Waals surface area (Å²) in [7, 11) is 1.44. The molecule has 1 heterocycles. The van der Waals surface area contributed by atoms with Gasteiger partial charge in [0.15, 0.2) is 11.5 Å². The number of carbonyl (C=O) groups is 4. The molecule has 0 aliphatic carbocycles. The van der Waals surface area contributed by atoms with Gasteiger partial charge in [-0.2, -0.15) is 0 Å². The van der Waals surface area contributed by atoms with Gasteiger partial charge in [-0.25, -0.2) is 14.5 Å². The number of rotatable bonds is 7. The summed E-state index contributed by atoms with van der Waals surface area (Å²) in [6, 6.07) is 9.54. The van der Waals surface area contributed by atoms with Crippen LogP contribution in [0.3, 0.4) is 0 Å². The molecule has 9 heteroatoms. The molecule has 0 atom stereocenters. The van der Waals surface area contributed by atoms with Crippen LogP contribution < -0.4 is 19.7 Å². The summed E-state index contributed by atoms with van der Waals surface area (Å²) in [5.74, 6) is 0.914. The highest BCUT2D eigenvalue weighted by Gasteiger charge is 2.36. The lowest BCUT2D eigenvalue weighted by Crippen LogP contribution is -2.54. The van der Waals surface area contributed by atoms with Gasteiger partial charge in [-0.3, -0.25) is 14.9 Å². The van der Waals surface area contributed by atoms with Gasteiger partial charge in [0.05, 0.1) is 25.0 Å². The van der Waals surface area contributed by atoms with E-state index in [1.165, 1.54) is 37.5 Å². The number of urea groups is 1. The summed E-state index contributed by atoms with van der Waals surface area (Å²) in [6.07, 6.45) is 6.53. The second-order valence-corrected chi connectivity index (χ2v) is 6.63. The van der Waals surface area contributed by atoms with E-state index in [4.69, 9.17) is 20.6 Å². The number of imide groups is 2. The Hall–Kier alpha value is -4.58. The minimum Gasteiger partial charge on any atom is -0.493 e. The van der Waals surface area contributed by atoms with Crippen molar-refractivity contribution >= 4 is 35.6 Å². The van der Waals surface area contributed by atoms with E-state index in [1.807, 2.05) is 0 Å². The number of hydrogen-bond donors (Lipinski definition) is 1. The molecule has 2 aromatic rings. The largest absolute Gasteiger partial charge is 0.493 e. The Labute approximate surface area is 189 Å². The summed E-state index contributed by atoms with van der Waals surface area (Å²) in [5, 5.41) is 2.14. The van der Waals surface area contributed by atoms with Gasteiger partial charge in [0, 0.05) is 0 Å². The fraction of sp³-hybridized carbons (Fsp3) is 0.167. The van der Waals surface area contributed by atoms with E-state index in [0.717, 1.165) is 4.90 Å². The minimum atomic E-state index is -0.901. The standard InChI is InChI=1S/C24H20N2O7/c1-4-12-33-19-11-6-15(14-20(19)31-3)13-18-21(27)25-24(30)26(22(18)28)17-9-7-16(8-10-17)23(29)32-5-2/h1,6-11,13-14H,5,12H2,2-3H3,(H,25,27,30)/b18-13+. The zero-order valence-corrected chi connectivity index (χ0v) is 17.9. The average Bonchev–Trinajstić information content (AvgIpc) is 2.81. The Morgan fingerprint density at radius 3 is 2.48 bits per heavy atom. The molecule has 0 saturated carbocycles. The van der Waals surface area contributed by atoms with Gasteiger partial charge >= 0.3 is 12.0 Å². The second kappa shape index (κ2) is 10.2. The third kappa shape index (κ3) is 5.02. The molecule has 2 aromatic carbocycles. The number of methoxy groups -OCH3 is 1. The van der Waals surface area contributed by atoms with Crippen molar-refractivity contribution in [2.45, 2.75) is 6.92 Å². The number of hydrogen-bond acceptors (Lipinski definition) is 7. The molecule has 1 aliphatic rings. The highest BCUT2D eigenvalue weighted by atomic mass is 16.5. The molecule has 33 heavy (non-hydrogen) atoms. The summed E-state index contributed by atoms with van der Waals surface area (Å²) in [4.78, 5) is 50.4. The van der Waals surface area contributed by atoms with E-state index >= 15 is 0 Å². The lowest BCUT2D eigenvalue weighted by Gasteiger charge is -2.26. The first-order valence-corrected chi connectivity index (χ1v) is 9.82. The molecule has 0 spiro atoms. The molecule has 1 fully saturated rings. The van der Waals surface area contributed by atoms with E-state index in [1.54, 1.807) is 25.1 Å². The Bertz CT molecular complexity index is 1180. The number of nitrogens with zero attached hydrogens (tertiary/aromatic N) is 1. The minimum absolute atomic E-state index is 0.0454. The zero-order chi connectivity index (χ0) is 24.0. The van der Waals surface area contributed by atoms with Crippen LogP contribution in [0.2, 0.25) is 0 Å². The van der Waals surface area contributed by atoms with E-state index in [2.05, 4.69) is 11.2 Å². The molecular weight excluding hydrogens is 428 g/mol. The monoisotopic (exact) mass is 448 g/mol. The molecule has 3 rings (SSSR count). The smallest absolute Gasteiger partial charge is 0.338 e. The number of barbiturate groups is 1. The van der Waals surface area contributed by atoms with Crippen LogP contribution in [0.4, 0.5) is 10.5 Å². The number of anilines is 1. The van der Waals surface area contributed by atoms with Gasteiger partial charge in [-0.1, -0.05) is 12.0 Å². The summed E-state index contributed by atoms with van der Waals surface area (Å²) in [6.45, 7) is 1.94. The van der Waals surface area contributed by atoms with Gasteiger partial charge in [-0.15, -0.1) is 6.42 Å². The van der Waals surface area contributed by atoms with Crippen molar-refractivity contribution in [2.75, 3.05) is 25.2 Å². The van der Waals surface area contributed by atoms with E-state index in [0.29, 0.717) is 17.1 Å². The molecule has 9 nitrogen and oxygen atoms in total. The number of esters is 1. The number of amides is 4. The van der Waals surface area contributed by atoms with Crippen LogP contribution >= 0.6 is 0 Å². The Morgan fingerprint density at radius 2 is 1.85 bits per heavy atom. The fourth-order valence-corrected chi connectivity index (χ4v) is 3.03. The van der Waals surface area contributed by atoms with Crippen LogP contribution in [0, 0.1) is 12.3 Å². The number of carbonyl (C=O) groups excluding carboxylic acids is 4. The van der Waals surface area contributed by atoms with Crippen LogP contribution in [0.25, 0.3) is 6.08 Å². The molecule has 168 valence electrons. The third-order valence-corrected chi connectivity index (χ3v) is 4.55. The third-order valence-electron chi connectivity index (χ3n) is 4.55. The molecule has 0 unspecified atom stereocenters. The van der Waals surface area contributed by atoms with Crippen LogP contribution in [-0.4, -0.2) is 44.1 Å². The number of terminal acetylenes is 1. The van der Waals surface area contributed by atoms with Crippen LogP contribution in [0.1, 0.15) is 22.8 Å². The molecular formula is C24H20N2O7. The fourth-order valence-electron chi connectivity index (χ4n) is 3.03. The first kappa shape index (κ1) is 23.1. The molecule has 4 amide bonds. The van der Waals surface area contributed by atoms with Crippen molar-refractivity contribution in [3.05, 3.63) is 59.2 Å². The molecule has 0 aromatic heterocycles. The highest BCUT2D eigenvalue weighted by molar-refractivity contribution is 6.39. The maximum Gasteiger partial charge on any atom is 0.338 e. The SMILES string of the molecule is C#CCOc1ccc(/C=C2\C(=O)NC(=O)N(c3ccc(C(=O)OCC)cc3)C2=O)cc1OC. The molecule has 1 saturated heterocycles. The topological polar surface area (TPSA) is 111 Å². The average molecular weight is 448 g/mol. The number of benzene rings is 2. The summed E-state index contributed by atoms with van der Waals surface area (Å²) < 4.78 is 15.6. The van der Waals surface area contributed by atoms with Gasteiger partial charge in [0.2, 0.25) is 0 Å². The van der Waals surface area contributed by atoms with Crippen molar-refractivity contribution < 1.29 is 33.4 Å². The van der Waals surface area contributed by atoms with Crippen LogP contribution in [0.15, 0.2) is 48.0 Å². The lowest BCUT2D eigenvalue weighted by molar-refractivity contribution is -0.122. The van der Waals surface area contributed by atoms with Crippen molar-refractivity contribution in [3.8, 4) is 23.8 Å². The molecule has 1 aliphatic heterocycles. The van der Waals surface area contributed by atoms with E-state index < -0.39 is 23.8 Å². The van der Waals surface area contributed by atoms with Gasteiger partial charge < -0.3 is 14.2 Å².